The first-order valence-electron chi connectivity index (χ1n) is 5.74. The molecule has 0 fully saturated rings. The van der Waals surface area contributed by atoms with E-state index >= 15 is 0 Å². The van der Waals surface area contributed by atoms with Crippen molar-refractivity contribution in [3.63, 3.8) is 0 Å². The summed E-state index contributed by atoms with van der Waals surface area (Å²) in [6, 6.07) is 7.40. The van der Waals surface area contributed by atoms with Crippen LogP contribution in [-0.2, 0) is 11.3 Å². The van der Waals surface area contributed by atoms with Crippen molar-refractivity contribution in [3.8, 4) is 0 Å². The molecule has 1 aromatic heterocycles. The van der Waals surface area contributed by atoms with Crippen LogP contribution in [0.5, 0.6) is 0 Å². The van der Waals surface area contributed by atoms with Gasteiger partial charge in [-0.05, 0) is 40.5 Å². The van der Waals surface area contributed by atoms with E-state index in [1.807, 2.05) is 25.1 Å². The molecule has 1 heterocycles. The molecule has 0 atom stereocenters. The minimum atomic E-state index is -0.399. The lowest BCUT2D eigenvalue weighted by atomic mass is 10.2. The molecule has 1 N–H and O–H groups in total. The van der Waals surface area contributed by atoms with Gasteiger partial charge in [-0.15, -0.1) is 0 Å². The highest BCUT2D eigenvalue weighted by atomic mass is 79.9. The molecule has 0 aliphatic heterocycles. The molecule has 1 amide bonds. The Kier molecular flexibility index (Phi) is 4.57. The zero-order valence-corrected chi connectivity index (χ0v) is 12.9. The van der Waals surface area contributed by atoms with Gasteiger partial charge < -0.3 is 5.32 Å². The molecule has 0 spiro atoms. The van der Waals surface area contributed by atoms with Gasteiger partial charge in [0.15, 0.2) is 5.15 Å². The van der Waals surface area contributed by atoms with Gasteiger partial charge in [0.2, 0.25) is 5.91 Å². The fourth-order valence-corrected chi connectivity index (χ4v) is 2.09. The third kappa shape index (κ3) is 3.46. The Morgan fingerprint density at radius 1 is 1.50 bits per heavy atom. The van der Waals surface area contributed by atoms with Gasteiger partial charge in [-0.2, -0.15) is 0 Å². The Balaban J connectivity index is 2.13. The van der Waals surface area contributed by atoms with Crippen molar-refractivity contribution in [2.24, 2.45) is 0 Å². The number of anilines is 1. The Labute approximate surface area is 128 Å². The van der Waals surface area contributed by atoms with Crippen molar-refractivity contribution in [1.29, 1.82) is 0 Å². The molecule has 0 aliphatic carbocycles. The highest BCUT2D eigenvalue weighted by Gasteiger charge is 2.10. The standard InChI is InChI=1S/C13H11BrClN3O2/c1-8-3-2-4-9(5-8)17-10(19)6-18-7-16-12(15)11(14)13(18)20/h2-5,7H,6H2,1H3,(H,17,19). The molecule has 0 saturated carbocycles. The van der Waals surface area contributed by atoms with E-state index in [0.717, 1.165) is 5.56 Å². The van der Waals surface area contributed by atoms with Crippen LogP contribution in [0.4, 0.5) is 5.69 Å². The smallest absolute Gasteiger partial charge is 0.269 e. The van der Waals surface area contributed by atoms with Crippen molar-refractivity contribution < 1.29 is 4.79 Å². The highest BCUT2D eigenvalue weighted by Crippen LogP contribution is 2.14. The predicted octanol–water partition coefficient (Wildman–Crippen LogP) is 2.61. The van der Waals surface area contributed by atoms with E-state index in [4.69, 9.17) is 11.6 Å². The Morgan fingerprint density at radius 2 is 2.25 bits per heavy atom. The molecular formula is C13H11BrClN3O2. The van der Waals surface area contributed by atoms with Crippen molar-refractivity contribution in [2.75, 3.05) is 5.32 Å². The van der Waals surface area contributed by atoms with Crippen molar-refractivity contribution in [1.82, 2.24) is 9.55 Å². The van der Waals surface area contributed by atoms with E-state index in [0.29, 0.717) is 5.69 Å². The largest absolute Gasteiger partial charge is 0.325 e. The first-order valence-corrected chi connectivity index (χ1v) is 6.91. The zero-order chi connectivity index (χ0) is 14.7. The summed E-state index contributed by atoms with van der Waals surface area (Å²) in [5, 5.41) is 2.79. The van der Waals surface area contributed by atoms with Crippen LogP contribution in [0.25, 0.3) is 0 Å². The number of hydrogen-bond donors (Lipinski definition) is 1. The second-order valence-electron chi connectivity index (χ2n) is 4.20. The van der Waals surface area contributed by atoms with Gasteiger partial charge in [-0.25, -0.2) is 4.98 Å². The molecule has 2 rings (SSSR count). The third-order valence-corrected chi connectivity index (χ3v) is 3.79. The first-order chi connectivity index (χ1) is 9.47. The molecule has 2 aromatic rings. The van der Waals surface area contributed by atoms with E-state index in [2.05, 4.69) is 26.2 Å². The van der Waals surface area contributed by atoms with Crippen LogP contribution in [0.2, 0.25) is 5.15 Å². The van der Waals surface area contributed by atoms with Crippen LogP contribution in [0.3, 0.4) is 0 Å². The van der Waals surface area contributed by atoms with Crippen LogP contribution in [0.1, 0.15) is 5.56 Å². The summed E-state index contributed by atoms with van der Waals surface area (Å²) in [4.78, 5) is 27.6. The molecule has 0 saturated heterocycles. The summed E-state index contributed by atoms with van der Waals surface area (Å²) < 4.78 is 1.33. The van der Waals surface area contributed by atoms with Crippen molar-refractivity contribution in [3.05, 3.63) is 56.1 Å². The Morgan fingerprint density at radius 3 is 2.95 bits per heavy atom. The number of carbonyl (C=O) groups excluding carboxylic acids is 1. The molecule has 104 valence electrons. The van der Waals surface area contributed by atoms with Crippen LogP contribution in [-0.4, -0.2) is 15.5 Å². The molecule has 7 heteroatoms. The Bertz CT molecular complexity index is 715. The summed E-state index contributed by atoms with van der Waals surface area (Å²) >= 11 is 8.73. The maximum absolute atomic E-state index is 11.9. The number of halogens is 2. The minimum Gasteiger partial charge on any atom is -0.325 e. The van der Waals surface area contributed by atoms with Gasteiger partial charge in [0, 0.05) is 5.69 Å². The molecule has 0 aliphatic rings. The van der Waals surface area contributed by atoms with Gasteiger partial charge in [-0.1, -0.05) is 23.7 Å². The van der Waals surface area contributed by atoms with Crippen molar-refractivity contribution >= 4 is 39.1 Å². The summed E-state index contributed by atoms with van der Waals surface area (Å²) in [5.41, 5.74) is 1.32. The SMILES string of the molecule is Cc1cccc(NC(=O)Cn2cnc(Cl)c(Br)c2=O)c1. The topological polar surface area (TPSA) is 64.0 Å². The fourth-order valence-electron chi connectivity index (χ4n) is 1.63. The number of amides is 1. The number of nitrogens with one attached hydrogen (secondary N) is 1. The first kappa shape index (κ1) is 14.7. The molecule has 0 bridgehead atoms. The number of benzene rings is 1. The number of carbonyl (C=O) groups is 1. The van der Waals surface area contributed by atoms with Gasteiger partial charge in [-0.3, -0.25) is 14.2 Å². The van der Waals surface area contributed by atoms with Crippen LogP contribution < -0.4 is 10.9 Å². The molecule has 0 unspecified atom stereocenters. The average Bonchev–Trinajstić information content (AvgIpc) is 2.39. The highest BCUT2D eigenvalue weighted by molar-refractivity contribution is 9.10. The minimum absolute atomic E-state index is 0.0744. The van der Waals surface area contributed by atoms with E-state index in [1.165, 1.54) is 10.9 Å². The third-order valence-electron chi connectivity index (χ3n) is 2.56. The quantitative estimate of drug-likeness (QED) is 0.860. The van der Waals surface area contributed by atoms with Gasteiger partial charge in [0.05, 0.1) is 6.33 Å². The number of aromatic nitrogens is 2. The summed E-state index contributed by atoms with van der Waals surface area (Å²) in [7, 11) is 0. The second kappa shape index (κ2) is 6.19. The lowest BCUT2D eigenvalue weighted by molar-refractivity contribution is -0.116. The molecular weight excluding hydrogens is 346 g/mol. The summed E-state index contributed by atoms with van der Waals surface area (Å²) in [6.07, 6.45) is 1.24. The monoisotopic (exact) mass is 355 g/mol. The summed E-state index contributed by atoms with van der Waals surface area (Å²) in [5.74, 6) is -0.311. The number of aryl methyl sites for hydroxylation is 1. The van der Waals surface area contributed by atoms with Gasteiger partial charge in [0.1, 0.15) is 11.0 Å². The Hall–Kier alpha value is -1.66. The molecule has 5 nitrogen and oxygen atoms in total. The van der Waals surface area contributed by atoms with Crippen LogP contribution in [0.15, 0.2) is 39.9 Å². The van der Waals surface area contributed by atoms with E-state index in [-0.39, 0.29) is 22.1 Å². The van der Waals surface area contributed by atoms with E-state index < -0.39 is 5.56 Å². The fraction of sp³-hybridized carbons (Fsp3) is 0.154. The lowest BCUT2D eigenvalue weighted by Crippen LogP contribution is -2.28. The average molecular weight is 357 g/mol. The van der Waals surface area contributed by atoms with E-state index in [1.54, 1.807) is 6.07 Å². The zero-order valence-electron chi connectivity index (χ0n) is 10.6. The predicted molar refractivity (Wildman–Crippen MR) is 81.0 cm³/mol. The van der Waals surface area contributed by atoms with Crippen LogP contribution >= 0.6 is 27.5 Å². The van der Waals surface area contributed by atoms with Gasteiger partial charge >= 0.3 is 0 Å². The number of hydrogen-bond acceptors (Lipinski definition) is 3. The maximum atomic E-state index is 11.9. The molecule has 0 radical (unpaired) electrons. The van der Waals surface area contributed by atoms with Crippen molar-refractivity contribution in [2.45, 2.75) is 13.5 Å². The summed E-state index contributed by atoms with van der Waals surface area (Å²) in [6.45, 7) is 1.80. The second-order valence-corrected chi connectivity index (χ2v) is 5.35. The lowest BCUT2D eigenvalue weighted by Gasteiger charge is -2.08. The van der Waals surface area contributed by atoms with Gasteiger partial charge in [0.25, 0.3) is 5.56 Å². The molecule has 20 heavy (non-hydrogen) atoms. The number of rotatable bonds is 3. The number of nitrogens with zero attached hydrogens (tertiary/aromatic N) is 2. The molecule has 1 aromatic carbocycles. The maximum Gasteiger partial charge on any atom is 0.269 e. The van der Waals surface area contributed by atoms with Crippen LogP contribution in [0, 0.1) is 6.92 Å². The van der Waals surface area contributed by atoms with E-state index in [9.17, 15) is 9.59 Å². The normalized spacial score (nSPS) is 10.3.